The van der Waals surface area contributed by atoms with E-state index in [0.29, 0.717) is 0 Å². The average Bonchev–Trinajstić information content (AvgIpc) is 2.54. The lowest BCUT2D eigenvalue weighted by atomic mass is 9.78. The summed E-state index contributed by atoms with van der Waals surface area (Å²) in [6.45, 7) is 4.26. The van der Waals surface area contributed by atoms with Crippen molar-refractivity contribution in [3.63, 3.8) is 0 Å². The number of rotatable bonds is 1. The van der Waals surface area contributed by atoms with Crippen molar-refractivity contribution in [1.82, 2.24) is 15.5 Å². The number of nitrogens with one attached hydrogen (secondary N) is 3. The molecule has 4 nitrogen and oxygen atoms in total. The summed E-state index contributed by atoms with van der Waals surface area (Å²) in [5, 5.41) is 8.85. The normalized spacial score (nSPS) is 18.7. The van der Waals surface area contributed by atoms with Crippen molar-refractivity contribution in [2.75, 3.05) is 13.1 Å². The molecule has 0 aromatic carbocycles. The molecular weight excluding hydrogens is 237 g/mol. The quantitative estimate of drug-likeness (QED) is 0.705. The molecule has 1 saturated heterocycles. The molecule has 15 heavy (non-hydrogen) atoms. The molecule has 0 amide bonds. The van der Waals surface area contributed by atoms with Gasteiger partial charge >= 0.3 is 0 Å². The third-order valence-corrected chi connectivity index (χ3v) is 2.95. The number of H-pyrrole nitrogens is 2. The van der Waals surface area contributed by atoms with E-state index in [0.717, 1.165) is 31.6 Å². The molecule has 1 aliphatic rings. The van der Waals surface area contributed by atoms with Gasteiger partial charge < -0.3 is 10.4 Å². The van der Waals surface area contributed by atoms with Crippen molar-refractivity contribution in [3.8, 4) is 0 Å². The fourth-order valence-electron chi connectivity index (χ4n) is 1.91. The summed E-state index contributed by atoms with van der Waals surface area (Å²) in [6, 6.07) is 1.67. The first-order chi connectivity index (χ1) is 6.21. The monoisotopic (exact) mass is 253 g/mol. The fraction of sp³-hybridized carbons (Fsp3) is 0.667. The third kappa shape index (κ3) is 3.00. The van der Waals surface area contributed by atoms with E-state index in [9.17, 15) is 4.79 Å². The Labute approximate surface area is 101 Å². The van der Waals surface area contributed by atoms with Crippen molar-refractivity contribution in [1.29, 1.82) is 0 Å². The molecule has 0 bridgehead atoms. The fourth-order valence-corrected chi connectivity index (χ4v) is 1.91. The number of halogens is 2. The van der Waals surface area contributed by atoms with E-state index in [-0.39, 0.29) is 35.8 Å². The van der Waals surface area contributed by atoms with Crippen LogP contribution in [0.4, 0.5) is 0 Å². The van der Waals surface area contributed by atoms with Crippen LogP contribution in [0.2, 0.25) is 0 Å². The topological polar surface area (TPSA) is 60.7 Å². The van der Waals surface area contributed by atoms with Gasteiger partial charge in [-0.1, -0.05) is 6.92 Å². The minimum atomic E-state index is -0.0326. The first kappa shape index (κ1) is 14.6. The minimum absolute atomic E-state index is 0. The number of aromatic nitrogens is 2. The Morgan fingerprint density at radius 3 is 2.27 bits per heavy atom. The van der Waals surface area contributed by atoms with Gasteiger partial charge in [0.15, 0.2) is 0 Å². The Hall–Kier alpha value is -0.450. The summed E-state index contributed by atoms with van der Waals surface area (Å²) >= 11 is 0. The second kappa shape index (κ2) is 5.58. The average molecular weight is 254 g/mol. The Kier molecular flexibility index (Phi) is 5.42. The van der Waals surface area contributed by atoms with Crippen LogP contribution < -0.4 is 10.9 Å². The van der Waals surface area contributed by atoms with Gasteiger partial charge in [-0.25, -0.2) is 0 Å². The van der Waals surface area contributed by atoms with Crippen LogP contribution in [0.1, 0.15) is 25.5 Å². The Bertz CT molecular complexity index is 341. The molecule has 1 aromatic rings. The minimum Gasteiger partial charge on any atom is -0.317 e. The molecule has 0 spiro atoms. The number of hydrogen-bond acceptors (Lipinski definition) is 2. The lowest BCUT2D eigenvalue weighted by Gasteiger charge is -2.32. The van der Waals surface area contributed by atoms with Gasteiger partial charge in [0.05, 0.1) is 0 Å². The van der Waals surface area contributed by atoms with Crippen LogP contribution in [-0.4, -0.2) is 23.3 Å². The van der Waals surface area contributed by atoms with Crippen LogP contribution in [0.5, 0.6) is 0 Å². The van der Waals surface area contributed by atoms with Crippen LogP contribution in [0.15, 0.2) is 10.9 Å². The van der Waals surface area contributed by atoms with Gasteiger partial charge in [-0.2, -0.15) is 0 Å². The number of piperidine rings is 1. The van der Waals surface area contributed by atoms with Crippen LogP contribution in [0.3, 0.4) is 0 Å². The van der Waals surface area contributed by atoms with Crippen molar-refractivity contribution < 1.29 is 0 Å². The van der Waals surface area contributed by atoms with E-state index < -0.39 is 0 Å². The Morgan fingerprint density at radius 1 is 1.20 bits per heavy atom. The predicted molar refractivity (Wildman–Crippen MR) is 65.4 cm³/mol. The lowest BCUT2D eigenvalue weighted by Crippen LogP contribution is -2.37. The van der Waals surface area contributed by atoms with E-state index >= 15 is 0 Å². The van der Waals surface area contributed by atoms with Gasteiger partial charge in [0.25, 0.3) is 5.56 Å². The van der Waals surface area contributed by atoms with E-state index in [2.05, 4.69) is 22.4 Å². The maximum atomic E-state index is 11.0. The molecule has 1 aliphatic heterocycles. The highest BCUT2D eigenvalue weighted by molar-refractivity contribution is 5.85. The molecule has 0 radical (unpaired) electrons. The summed E-state index contributed by atoms with van der Waals surface area (Å²) in [4.78, 5) is 11.0. The molecule has 1 fully saturated rings. The molecular formula is C9H17Cl2N3O. The first-order valence-corrected chi connectivity index (χ1v) is 4.70. The number of aromatic amines is 2. The highest BCUT2D eigenvalue weighted by Gasteiger charge is 2.29. The van der Waals surface area contributed by atoms with Crippen LogP contribution >= 0.6 is 24.8 Å². The Morgan fingerprint density at radius 2 is 1.80 bits per heavy atom. The van der Waals surface area contributed by atoms with Crippen LogP contribution in [-0.2, 0) is 5.41 Å². The van der Waals surface area contributed by atoms with E-state index in [1.165, 1.54) is 0 Å². The van der Waals surface area contributed by atoms with Gasteiger partial charge in [-0.05, 0) is 25.9 Å². The smallest absolute Gasteiger partial charge is 0.264 e. The summed E-state index contributed by atoms with van der Waals surface area (Å²) in [5.41, 5.74) is 1.15. The van der Waals surface area contributed by atoms with E-state index in [1.54, 1.807) is 6.07 Å². The maximum absolute atomic E-state index is 11.0. The van der Waals surface area contributed by atoms with Crippen molar-refractivity contribution in [3.05, 3.63) is 22.1 Å². The lowest BCUT2D eigenvalue weighted by molar-refractivity contribution is 0.327. The van der Waals surface area contributed by atoms with Crippen molar-refractivity contribution >= 4 is 24.8 Å². The summed E-state index contributed by atoms with van der Waals surface area (Å²) in [7, 11) is 0. The van der Waals surface area contributed by atoms with Gasteiger partial charge in [-0.15, -0.1) is 24.8 Å². The maximum Gasteiger partial charge on any atom is 0.264 e. The van der Waals surface area contributed by atoms with Crippen molar-refractivity contribution in [2.24, 2.45) is 0 Å². The highest BCUT2D eigenvalue weighted by Crippen LogP contribution is 2.30. The molecule has 2 rings (SSSR count). The van der Waals surface area contributed by atoms with Gasteiger partial charge in [0.1, 0.15) is 0 Å². The van der Waals surface area contributed by atoms with E-state index in [4.69, 9.17) is 0 Å². The third-order valence-electron chi connectivity index (χ3n) is 2.95. The summed E-state index contributed by atoms with van der Waals surface area (Å²) in [5.74, 6) is 0. The molecule has 3 N–H and O–H groups in total. The SMILES string of the molecule is CC1(c2cc(=O)[nH][nH]2)CCNCC1.Cl.Cl. The Balaban J connectivity index is 0.000000980. The molecule has 0 saturated carbocycles. The second-order valence-electron chi connectivity index (χ2n) is 3.98. The van der Waals surface area contributed by atoms with Crippen molar-refractivity contribution in [2.45, 2.75) is 25.2 Å². The summed E-state index contributed by atoms with van der Waals surface area (Å²) < 4.78 is 0. The van der Waals surface area contributed by atoms with Crippen LogP contribution in [0, 0.1) is 0 Å². The molecule has 0 atom stereocenters. The molecule has 1 aromatic heterocycles. The zero-order valence-electron chi connectivity index (χ0n) is 8.63. The predicted octanol–water partition coefficient (Wildman–Crippen LogP) is 1.19. The van der Waals surface area contributed by atoms with Gasteiger partial charge in [-0.3, -0.25) is 9.89 Å². The number of hydrogen-bond donors (Lipinski definition) is 3. The molecule has 0 aliphatic carbocycles. The zero-order chi connectivity index (χ0) is 9.31. The zero-order valence-corrected chi connectivity index (χ0v) is 10.3. The molecule has 0 unspecified atom stereocenters. The van der Waals surface area contributed by atoms with E-state index in [1.807, 2.05) is 0 Å². The second-order valence-corrected chi connectivity index (χ2v) is 3.98. The first-order valence-electron chi connectivity index (χ1n) is 4.70. The highest BCUT2D eigenvalue weighted by atomic mass is 35.5. The van der Waals surface area contributed by atoms with Gasteiger partial charge in [0.2, 0.25) is 0 Å². The summed E-state index contributed by atoms with van der Waals surface area (Å²) in [6.07, 6.45) is 2.17. The van der Waals surface area contributed by atoms with Crippen LogP contribution in [0.25, 0.3) is 0 Å². The molecule has 88 valence electrons. The largest absolute Gasteiger partial charge is 0.317 e. The standard InChI is InChI=1S/C9H15N3O.2ClH/c1-9(2-4-10-5-3-9)7-6-8(13)12-11-7;;/h6,10H,2-5H2,1H3,(H2,11,12,13);2*1H. The molecule has 2 heterocycles. The molecule has 6 heteroatoms. The van der Waals surface area contributed by atoms with Gasteiger partial charge in [0, 0.05) is 17.2 Å².